The molecule has 5 heteroatoms. The van der Waals surface area contributed by atoms with Gasteiger partial charge in [-0.3, -0.25) is 4.79 Å². The number of hydrogen-bond acceptors (Lipinski definition) is 5. The highest BCUT2D eigenvalue weighted by Crippen LogP contribution is 2.22. The van der Waals surface area contributed by atoms with Crippen LogP contribution in [-0.4, -0.2) is 24.9 Å². The molecule has 0 aliphatic rings. The van der Waals surface area contributed by atoms with Gasteiger partial charge in [-0.25, -0.2) is 4.79 Å². The molecule has 0 unspecified atom stereocenters. The first kappa shape index (κ1) is 15.6. The highest BCUT2D eigenvalue weighted by Gasteiger charge is 2.12. The molecule has 2 aromatic rings. The molecule has 22 heavy (non-hydrogen) atoms. The van der Waals surface area contributed by atoms with E-state index in [-0.39, 0.29) is 12.3 Å². The minimum atomic E-state index is -0.446. The third-order valence-electron chi connectivity index (χ3n) is 2.87. The highest BCUT2D eigenvalue weighted by atomic mass is 16.5. The standard InChI is InChI=1S/C17H16N2O3/c1-2-22-16(20)12-18-19-15-11-7-6-10-14(15)17(21)13-8-4-3-5-9-13/h3-11H,2,12H2,1H3. The zero-order valence-corrected chi connectivity index (χ0v) is 12.2. The van der Waals surface area contributed by atoms with Gasteiger partial charge >= 0.3 is 5.97 Å². The number of ether oxygens (including phenoxy) is 1. The number of benzene rings is 2. The SMILES string of the molecule is CCOC(=O)CN=Nc1ccccc1C(=O)c1ccccc1. The molecule has 0 aliphatic heterocycles. The summed E-state index contributed by atoms with van der Waals surface area (Å²) in [4.78, 5) is 23.7. The number of ketones is 1. The lowest BCUT2D eigenvalue weighted by Gasteiger charge is -2.04. The van der Waals surface area contributed by atoms with Gasteiger partial charge in [0.2, 0.25) is 0 Å². The maximum absolute atomic E-state index is 12.5. The highest BCUT2D eigenvalue weighted by molar-refractivity contribution is 6.11. The zero-order chi connectivity index (χ0) is 15.8. The van der Waals surface area contributed by atoms with Crippen LogP contribution in [0.5, 0.6) is 0 Å². The van der Waals surface area contributed by atoms with Crippen molar-refractivity contribution in [2.24, 2.45) is 10.2 Å². The summed E-state index contributed by atoms with van der Waals surface area (Å²) in [6, 6.07) is 15.8. The number of carbonyl (C=O) groups excluding carboxylic acids is 2. The first-order chi connectivity index (χ1) is 10.7. The molecule has 0 aromatic heterocycles. The maximum atomic E-state index is 12.5. The summed E-state index contributed by atoms with van der Waals surface area (Å²) in [5, 5.41) is 7.77. The number of carbonyl (C=O) groups is 2. The molecule has 0 N–H and O–H groups in total. The first-order valence-electron chi connectivity index (χ1n) is 6.94. The summed E-state index contributed by atoms with van der Waals surface area (Å²) in [6.45, 7) is 1.86. The van der Waals surface area contributed by atoms with Crippen molar-refractivity contribution in [2.45, 2.75) is 6.92 Å². The van der Waals surface area contributed by atoms with Crippen molar-refractivity contribution in [3.63, 3.8) is 0 Å². The van der Waals surface area contributed by atoms with E-state index in [1.54, 1.807) is 55.5 Å². The first-order valence-corrected chi connectivity index (χ1v) is 6.94. The predicted molar refractivity (Wildman–Crippen MR) is 82.3 cm³/mol. The fourth-order valence-electron chi connectivity index (χ4n) is 1.87. The van der Waals surface area contributed by atoms with Crippen LogP contribution in [-0.2, 0) is 9.53 Å². The molecular weight excluding hydrogens is 280 g/mol. The van der Waals surface area contributed by atoms with E-state index in [4.69, 9.17) is 4.74 Å². The number of azo groups is 1. The Hall–Kier alpha value is -2.82. The molecule has 0 bridgehead atoms. The molecule has 0 saturated carbocycles. The lowest BCUT2D eigenvalue weighted by molar-refractivity contribution is -0.141. The molecule has 0 spiro atoms. The molecule has 0 radical (unpaired) electrons. The van der Waals surface area contributed by atoms with Crippen molar-refractivity contribution in [2.75, 3.05) is 13.2 Å². The Kier molecular flexibility index (Phi) is 5.54. The zero-order valence-electron chi connectivity index (χ0n) is 12.2. The minimum Gasteiger partial charge on any atom is -0.465 e. The van der Waals surface area contributed by atoms with Crippen molar-refractivity contribution in [3.8, 4) is 0 Å². The Morgan fingerprint density at radius 3 is 2.41 bits per heavy atom. The number of rotatable bonds is 6. The fraction of sp³-hybridized carbons (Fsp3) is 0.176. The Labute approximate surface area is 128 Å². The second kappa shape index (κ2) is 7.83. The van der Waals surface area contributed by atoms with E-state index in [2.05, 4.69) is 10.2 Å². The minimum absolute atomic E-state index is 0.133. The largest absolute Gasteiger partial charge is 0.465 e. The van der Waals surface area contributed by atoms with Crippen LogP contribution in [0.4, 0.5) is 5.69 Å². The van der Waals surface area contributed by atoms with Gasteiger partial charge in [-0.15, -0.1) is 0 Å². The molecule has 5 nitrogen and oxygen atoms in total. The fourth-order valence-corrected chi connectivity index (χ4v) is 1.87. The van der Waals surface area contributed by atoms with Gasteiger partial charge in [-0.2, -0.15) is 10.2 Å². The topological polar surface area (TPSA) is 68.1 Å². The Morgan fingerprint density at radius 2 is 1.68 bits per heavy atom. The normalized spacial score (nSPS) is 10.6. The van der Waals surface area contributed by atoms with Crippen LogP contribution in [0.3, 0.4) is 0 Å². The summed E-state index contributed by atoms with van der Waals surface area (Å²) in [5.74, 6) is -0.579. The molecule has 2 rings (SSSR count). The van der Waals surface area contributed by atoms with Gasteiger partial charge in [0.15, 0.2) is 12.3 Å². The van der Waals surface area contributed by atoms with E-state index >= 15 is 0 Å². The van der Waals surface area contributed by atoms with E-state index in [9.17, 15) is 9.59 Å². The number of esters is 1. The monoisotopic (exact) mass is 296 g/mol. The van der Waals surface area contributed by atoms with E-state index < -0.39 is 5.97 Å². The van der Waals surface area contributed by atoms with Gasteiger partial charge in [0, 0.05) is 5.56 Å². The van der Waals surface area contributed by atoms with Gasteiger partial charge in [0.05, 0.1) is 17.9 Å². The van der Waals surface area contributed by atoms with Crippen molar-refractivity contribution in [1.82, 2.24) is 0 Å². The number of hydrogen-bond donors (Lipinski definition) is 0. The van der Waals surface area contributed by atoms with Crippen LogP contribution >= 0.6 is 0 Å². The molecule has 0 fully saturated rings. The second-order valence-corrected chi connectivity index (χ2v) is 4.42. The van der Waals surface area contributed by atoms with Crippen molar-refractivity contribution in [1.29, 1.82) is 0 Å². The average molecular weight is 296 g/mol. The summed E-state index contributed by atoms with van der Waals surface area (Å²) in [6.07, 6.45) is 0. The third-order valence-corrected chi connectivity index (χ3v) is 2.87. The van der Waals surface area contributed by atoms with E-state index in [0.29, 0.717) is 23.4 Å². The van der Waals surface area contributed by atoms with Gasteiger partial charge in [-0.1, -0.05) is 42.5 Å². The molecule has 0 saturated heterocycles. The van der Waals surface area contributed by atoms with Crippen LogP contribution in [0.2, 0.25) is 0 Å². The van der Waals surface area contributed by atoms with Gasteiger partial charge in [-0.05, 0) is 19.1 Å². The lowest BCUT2D eigenvalue weighted by Crippen LogP contribution is -2.06. The molecule has 0 aliphatic carbocycles. The van der Waals surface area contributed by atoms with E-state index in [1.807, 2.05) is 6.07 Å². The summed E-state index contributed by atoms with van der Waals surface area (Å²) >= 11 is 0. The van der Waals surface area contributed by atoms with Crippen LogP contribution in [0, 0.1) is 0 Å². The molecule has 112 valence electrons. The molecular formula is C17H16N2O3. The number of nitrogens with zero attached hydrogens (tertiary/aromatic N) is 2. The van der Waals surface area contributed by atoms with Crippen molar-refractivity contribution < 1.29 is 14.3 Å². The van der Waals surface area contributed by atoms with Crippen molar-refractivity contribution >= 4 is 17.4 Å². The van der Waals surface area contributed by atoms with E-state index in [0.717, 1.165) is 0 Å². The predicted octanol–water partition coefficient (Wildman–Crippen LogP) is 3.56. The summed E-state index contributed by atoms with van der Waals surface area (Å²) < 4.78 is 4.77. The summed E-state index contributed by atoms with van der Waals surface area (Å²) in [5.41, 5.74) is 1.46. The third kappa shape index (κ3) is 4.09. The van der Waals surface area contributed by atoms with Crippen LogP contribution in [0.25, 0.3) is 0 Å². The summed E-state index contributed by atoms with van der Waals surface area (Å²) in [7, 11) is 0. The van der Waals surface area contributed by atoms with Gasteiger partial charge < -0.3 is 4.74 Å². The quantitative estimate of drug-likeness (QED) is 0.465. The Morgan fingerprint density at radius 1 is 1.00 bits per heavy atom. The van der Waals surface area contributed by atoms with Crippen LogP contribution in [0.15, 0.2) is 64.8 Å². The van der Waals surface area contributed by atoms with E-state index in [1.165, 1.54) is 0 Å². The van der Waals surface area contributed by atoms with Crippen molar-refractivity contribution in [3.05, 3.63) is 65.7 Å². The molecule has 2 aromatic carbocycles. The average Bonchev–Trinajstić information content (AvgIpc) is 2.56. The van der Waals surface area contributed by atoms with Gasteiger partial charge in [0.1, 0.15) is 0 Å². The Bertz CT molecular complexity index is 681. The second-order valence-electron chi connectivity index (χ2n) is 4.42. The molecule has 0 atom stereocenters. The molecule has 0 amide bonds. The van der Waals surface area contributed by atoms with Gasteiger partial charge in [0.25, 0.3) is 0 Å². The van der Waals surface area contributed by atoms with Crippen LogP contribution in [0.1, 0.15) is 22.8 Å². The smallest absolute Gasteiger partial charge is 0.329 e. The Balaban J connectivity index is 2.18. The van der Waals surface area contributed by atoms with Crippen LogP contribution < -0.4 is 0 Å². The lowest BCUT2D eigenvalue weighted by atomic mass is 10.0. The maximum Gasteiger partial charge on any atom is 0.329 e. The molecule has 0 heterocycles.